The number of unbranched alkanes of at least 4 members (excludes halogenated alkanes) is 2. The van der Waals surface area contributed by atoms with Crippen LogP contribution in [0.3, 0.4) is 0 Å². The topological polar surface area (TPSA) is 55.9 Å². The molecule has 2 aromatic carbocycles. The summed E-state index contributed by atoms with van der Waals surface area (Å²) in [6.45, 7) is 22.0. The minimum absolute atomic E-state index is 0.243. The smallest absolute Gasteiger partial charge is 0.156 e. The first kappa shape index (κ1) is 30.9. The first-order valence-electron chi connectivity index (χ1n) is 12.8. The van der Waals surface area contributed by atoms with Crippen molar-refractivity contribution < 1.29 is 4.39 Å². The molecule has 0 aliphatic rings. The van der Waals surface area contributed by atoms with E-state index in [4.69, 9.17) is 10.7 Å². The zero-order valence-electron chi connectivity index (χ0n) is 23.1. The fourth-order valence-corrected chi connectivity index (χ4v) is 3.43. The number of rotatable bonds is 9. The fraction of sp³-hybridized carbons (Fsp3) is 0.387. The molecule has 0 amide bonds. The van der Waals surface area contributed by atoms with Gasteiger partial charge in [-0.1, -0.05) is 90.1 Å². The number of nitrogens with one attached hydrogen (secondary N) is 1. The van der Waals surface area contributed by atoms with E-state index in [-0.39, 0.29) is 5.82 Å². The average molecular weight is 493 g/mol. The molecule has 0 aliphatic carbocycles. The van der Waals surface area contributed by atoms with Crippen LogP contribution >= 0.6 is 0 Å². The maximum Gasteiger partial charge on any atom is 0.156 e. The molecule has 0 spiro atoms. The van der Waals surface area contributed by atoms with E-state index in [1.807, 2.05) is 19.1 Å². The molecule has 0 atom stereocenters. The van der Waals surface area contributed by atoms with E-state index in [0.29, 0.717) is 12.4 Å². The van der Waals surface area contributed by atoms with Crippen LogP contribution < -0.4 is 11.1 Å². The molecule has 0 radical (unpaired) electrons. The number of anilines is 1. The largest absolute Gasteiger partial charge is 0.345 e. The number of nitrogens with zero attached hydrogens (tertiary/aromatic N) is 2. The Kier molecular flexibility index (Phi) is 14.1. The van der Waals surface area contributed by atoms with Crippen molar-refractivity contribution in [2.75, 3.05) is 11.9 Å². The summed E-state index contributed by atoms with van der Waals surface area (Å²) in [5, 5.41) is 3.11. The molecule has 0 unspecified atom stereocenters. The van der Waals surface area contributed by atoms with Gasteiger partial charge in [0.25, 0.3) is 0 Å². The van der Waals surface area contributed by atoms with Crippen molar-refractivity contribution in [1.82, 2.24) is 9.55 Å². The quantitative estimate of drug-likeness (QED) is 0.295. The third-order valence-electron chi connectivity index (χ3n) is 5.06. The van der Waals surface area contributed by atoms with Crippen molar-refractivity contribution >= 4 is 11.4 Å². The van der Waals surface area contributed by atoms with Crippen molar-refractivity contribution in [1.29, 1.82) is 0 Å². The van der Waals surface area contributed by atoms with Gasteiger partial charge in [0.2, 0.25) is 0 Å². The highest BCUT2D eigenvalue weighted by Gasteiger charge is 2.19. The molecule has 4 nitrogen and oxygen atoms in total. The number of hydrogen-bond acceptors (Lipinski definition) is 3. The minimum Gasteiger partial charge on any atom is -0.345 e. The molecule has 0 saturated carbocycles. The number of hydrogen-bond donors (Lipinski definition) is 2. The maximum atomic E-state index is 13.3. The molecule has 3 N–H and O–H groups in total. The van der Waals surface area contributed by atoms with Crippen LogP contribution in [0.1, 0.15) is 70.7 Å². The number of aromatic nitrogens is 2. The summed E-state index contributed by atoms with van der Waals surface area (Å²) >= 11 is 0. The summed E-state index contributed by atoms with van der Waals surface area (Å²) < 4.78 is 15.4. The van der Waals surface area contributed by atoms with Gasteiger partial charge >= 0.3 is 0 Å². The van der Waals surface area contributed by atoms with Crippen LogP contribution in [0.4, 0.5) is 10.2 Å². The van der Waals surface area contributed by atoms with Gasteiger partial charge in [-0.25, -0.2) is 9.37 Å². The normalized spacial score (nSPS) is 10.1. The van der Waals surface area contributed by atoms with Crippen molar-refractivity contribution in [2.45, 2.75) is 67.3 Å². The highest BCUT2D eigenvalue weighted by Crippen LogP contribution is 2.32. The zero-order chi connectivity index (χ0) is 27.1. The molecule has 196 valence electrons. The lowest BCUT2D eigenvalue weighted by molar-refractivity contribution is 0.626. The van der Waals surface area contributed by atoms with Gasteiger partial charge in [0.05, 0.1) is 5.69 Å². The molecule has 5 heteroatoms. The lowest BCUT2D eigenvalue weighted by atomic mass is 10.1. The Balaban J connectivity index is 0.000000551. The predicted octanol–water partition coefficient (Wildman–Crippen LogP) is 8.43. The molecule has 3 aromatic rings. The Morgan fingerprint density at radius 3 is 2.19 bits per heavy atom. The Morgan fingerprint density at radius 2 is 1.72 bits per heavy atom. The molecule has 1 heterocycles. The molecule has 36 heavy (non-hydrogen) atoms. The summed E-state index contributed by atoms with van der Waals surface area (Å²) in [6.07, 6.45) is 5.36. The second-order valence-corrected chi connectivity index (χ2v) is 9.52. The van der Waals surface area contributed by atoms with Crippen molar-refractivity contribution in [3.8, 4) is 11.4 Å². The van der Waals surface area contributed by atoms with Crippen molar-refractivity contribution in [3.05, 3.63) is 90.5 Å². The number of imidazole rings is 1. The number of benzene rings is 2. The lowest BCUT2D eigenvalue weighted by Crippen LogP contribution is -2.06. The summed E-state index contributed by atoms with van der Waals surface area (Å²) in [7, 11) is 0. The van der Waals surface area contributed by atoms with Crippen LogP contribution in [0.5, 0.6) is 0 Å². The second-order valence-electron chi connectivity index (χ2n) is 9.52. The predicted molar refractivity (Wildman–Crippen MR) is 156 cm³/mol. The molecule has 3 rings (SSSR count). The zero-order valence-corrected chi connectivity index (χ0v) is 23.1. The van der Waals surface area contributed by atoms with Crippen molar-refractivity contribution in [3.63, 3.8) is 0 Å². The van der Waals surface area contributed by atoms with Crippen LogP contribution in [0.25, 0.3) is 17.0 Å². The molecular weight excluding hydrogens is 447 g/mol. The van der Waals surface area contributed by atoms with E-state index in [0.717, 1.165) is 46.2 Å². The molecule has 0 fully saturated rings. The van der Waals surface area contributed by atoms with E-state index in [1.165, 1.54) is 31.4 Å². The summed E-state index contributed by atoms with van der Waals surface area (Å²) in [6, 6.07) is 14.7. The third kappa shape index (κ3) is 10.2. The molecule has 0 bridgehead atoms. The van der Waals surface area contributed by atoms with Gasteiger partial charge in [0.15, 0.2) is 5.82 Å². The fourth-order valence-electron chi connectivity index (χ4n) is 3.43. The number of allylic oxidation sites excluding steroid dienone is 1. The Labute approximate surface area is 218 Å². The van der Waals surface area contributed by atoms with Gasteiger partial charge in [-0.2, -0.15) is 0 Å². The van der Waals surface area contributed by atoms with E-state index in [2.05, 4.69) is 69.8 Å². The maximum absolute atomic E-state index is 13.3. The Hall–Kier alpha value is -3.18. The van der Waals surface area contributed by atoms with Crippen LogP contribution in [0.15, 0.2) is 67.9 Å². The monoisotopic (exact) mass is 492 g/mol. The van der Waals surface area contributed by atoms with E-state index in [1.54, 1.807) is 18.3 Å². The third-order valence-corrected chi connectivity index (χ3v) is 5.06. The van der Waals surface area contributed by atoms with Crippen molar-refractivity contribution in [2.24, 2.45) is 11.7 Å². The van der Waals surface area contributed by atoms with E-state index >= 15 is 0 Å². The van der Waals surface area contributed by atoms with Gasteiger partial charge in [0, 0.05) is 12.1 Å². The molecule has 0 aliphatic heterocycles. The van der Waals surface area contributed by atoms with Gasteiger partial charge in [0.1, 0.15) is 11.6 Å². The van der Waals surface area contributed by atoms with Crippen LogP contribution in [-0.2, 0) is 6.54 Å². The van der Waals surface area contributed by atoms with E-state index < -0.39 is 0 Å². The Bertz CT molecular complexity index is 1060. The van der Waals surface area contributed by atoms with Gasteiger partial charge < -0.3 is 15.6 Å². The Morgan fingerprint density at radius 1 is 1.11 bits per heavy atom. The summed E-state index contributed by atoms with van der Waals surface area (Å²) in [4.78, 5) is 4.81. The number of aryl methyl sites for hydroxylation is 1. The molecule has 1 aromatic heterocycles. The second kappa shape index (κ2) is 16.5. The van der Waals surface area contributed by atoms with Gasteiger partial charge in [-0.15, -0.1) is 0 Å². The van der Waals surface area contributed by atoms with Gasteiger partial charge in [-0.05, 0) is 67.8 Å². The number of nitrogens with two attached hydrogens (primary N) is 1. The highest BCUT2D eigenvalue weighted by molar-refractivity contribution is 5.75. The van der Waals surface area contributed by atoms with Crippen LogP contribution in [-0.4, -0.2) is 16.1 Å². The molecule has 0 saturated heterocycles. The first-order valence-corrected chi connectivity index (χ1v) is 12.8. The summed E-state index contributed by atoms with van der Waals surface area (Å²) in [5.74, 6) is 2.15. The van der Waals surface area contributed by atoms with Crippen LogP contribution in [0.2, 0.25) is 0 Å². The molecular formula is C31H45FN4. The highest BCUT2D eigenvalue weighted by atomic mass is 19.1. The minimum atomic E-state index is -0.243. The first-order chi connectivity index (χ1) is 17.2. The number of halogens is 1. The standard InChI is InChI=1S/C22H22FN3.C5H13N.C4H10/c1-5-24-21-20(15(2)3)26(14-17-10-12-18(23)13-11-17)22(25-21)19-9-7-6-8-16(19)4;1-2-3-4-5-6;1-4(2)3/h5-13,24H,1-2,14H2,3-4H3;2-6H2,1H3;4H,1-3H3. The van der Waals surface area contributed by atoms with Crippen LogP contribution in [0, 0.1) is 18.7 Å². The SMILES string of the molecule is C=CNc1nc(-c2ccccc2C)n(Cc2ccc(F)cc2)c1C(=C)C.CC(C)C.CCCCCN. The van der Waals surface area contributed by atoms with Gasteiger partial charge in [-0.3, -0.25) is 0 Å². The average Bonchev–Trinajstić information content (AvgIpc) is 3.17. The van der Waals surface area contributed by atoms with E-state index in [9.17, 15) is 4.39 Å². The summed E-state index contributed by atoms with van der Waals surface area (Å²) in [5.41, 5.74) is 10.2. The lowest BCUT2D eigenvalue weighted by Gasteiger charge is -2.14.